The van der Waals surface area contributed by atoms with E-state index in [0.717, 1.165) is 0 Å². The summed E-state index contributed by atoms with van der Waals surface area (Å²) in [5, 5.41) is 15.3. The summed E-state index contributed by atoms with van der Waals surface area (Å²) in [5.41, 5.74) is 0.0492. The molecule has 0 spiro atoms. The van der Waals surface area contributed by atoms with E-state index in [0.29, 0.717) is 24.3 Å². The summed E-state index contributed by atoms with van der Waals surface area (Å²) < 4.78 is 46.7. The number of rotatable bonds is 8. The molecule has 0 unspecified atom stereocenters. The Kier molecular flexibility index (Phi) is 8.44. The van der Waals surface area contributed by atoms with Gasteiger partial charge in [-0.25, -0.2) is 22.3 Å². The molecule has 0 saturated carbocycles. The van der Waals surface area contributed by atoms with Crippen molar-refractivity contribution >= 4 is 33.3 Å². The van der Waals surface area contributed by atoms with E-state index in [9.17, 15) is 22.7 Å². The van der Waals surface area contributed by atoms with Crippen LogP contribution in [0.5, 0.6) is 0 Å². The predicted molar refractivity (Wildman–Crippen MR) is 119 cm³/mol. The van der Waals surface area contributed by atoms with E-state index in [2.05, 4.69) is 15.4 Å². The zero-order valence-corrected chi connectivity index (χ0v) is 18.7. The van der Waals surface area contributed by atoms with Crippen molar-refractivity contribution in [1.82, 2.24) is 10.0 Å². The molecule has 3 rings (SSSR count). The van der Waals surface area contributed by atoms with E-state index in [4.69, 9.17) is 16.3 Å². The maximum Gasteiger partial charge on any atom is 0.319 e. The largest absolute Gasteiger partial charge is 0.394 e. The van der Waals surface area contributed by atoms with Crippen LogP contribution in [0.1, 0.15) is 19.3 Å². The summed E-state index contributed by atoms with van der Waals surface area (Å²) in [5.74, 6) is -0.553. The van der Waals surface area contributed by atoms with E-state index >= 15 is 0 Å². The third-order valence-electron chi connectivity index (χ3n) is 5.12. The summed E-state index contributed by atoms with van der Waals surface area (Å²) in [6, 6.07) is 10.6. The van der Waals surface area contributed by atoms with Crippen molar-refractivity contribution in [2.45, 2.75) is 42.4 Å². The number of hydrogen-bond donors (Lipinski definition) is 4. The summed E-state index contributed by atoms with van der Waals surface area (Å²) >= 11 is 5.79. The molecule has 2 aromatic rings. The number of carbonyl (C=O) groups excluding carboxylic acids is 1. The second kappa shape index (κ2) is 11.1. The van der Waals surface area contributed by atoms with Crippen molar-refractivity contribution in [2.75, 3.05) is 18.5 Å². The predicted octanol–water partition coefficient (Wildman–Crippen LogP) is 2.88. The van der Waals surface area contributed by atoms with Crippen molar-refractivity contribution in [2.24, 2.45) is 0 Å². The van der Waals surface area contributed by atoms with Crippen LogP contribution in [0.15, 0.2) is 53.4 Å². The van der Waals surface area contributed by atoms with Crippen LogP contribution in [-0.4, -0.2) is 51.0 Å². The first-order valence-corrected chi connectivity index (χ1v) is 12.0. The Morgan fingerprint density at radius 1 is 1.16 bits per heavy atom. The molecule has 1 heterocycles. The Bertz CT molecular complexity index is 1020. The minimum absolute atomic E-state index is 0.0492. The lowest BCUT2D eigenvalue weighted by molar-refractivity contribution is -0.0884. The number of urea groups is 1. The lowest BCUT2D eigenvalue weighted by Crippen LogP contribution is -2.52. The number of para-hydroxylation sites is 1. The van der Waals surface area contributed by atoms with Gasteiger partial charge in [-0.1, -0.05) is 23.7 Å². The lowest BCUT2D eigenvalue weighted by Gasteiger charge is -2.36. The van der Waals surface area contributed by atoms with E-state index in [1.807, 2.05) is 0 Å². The Balaban J connectivity index is 1.47. The highest BCUT2D eigenvalue weighted by atomic mass is 35.5. The van der Waals surface area contributed by atoms with Gasteiger partial charge in [0.15, 0.2) is 0 Å². The number of halogens is 2. The average molecular weight is 486 g/mol. The van der Waals surface area contributed by atoms with Gasteiger partial charge in [0.05, 0.1) is 29.3 Å². The number of benzene rings is 2. The number of anilines is 1. The van der Waals surface area contributed by atoms with Crippen LogP contribution in [-0.2, 0) is 14.8 Å². The second-order valence-electron chi connectivity index (χ2n) is 7.38. The van der Waals surface area contributed by atoms with Gasteiger partial charge >= 0.3 is 6.03 Å². The highest BCUT2D eigenvalue weighted by molar-refractivity contribution is 7.89. The molecule has 8 nitrogen and oxygen atoms in total. The van der Waals surface area contributed by atoms with E-state index in [1.54, 1.807) is 6.07 Å². The normalized spacial score (nSPS) is 21.2. The smallest absolute Gasteiger partial charge is 0.319 e. The fourth-order valence-corrected chi connectivity index (χ4v) is 4.62. The summed E-state index contributed by atoms with van der Waals surface area (Å²) in [7, 11) is -3.67. The first-order valence-electron chi connectivity index (χ1n) is 10.1. The van der Waals surface area contributed by atoms with Gasteiger partial charge in [0.2, 0.25) is 10.0 Å². The molecule has 4 N–H and O–H groups in total. The summed E-state index contributed by atoms with van der Waals surface area (Å²) in [6.45, 7) is -0.169. The summed E-state index contributed by atoms with van der Waals surface area (Å²) in [4.78, 5) is 12.3. The van der Waals surface area contributed by atoms with Gasteiger partial charge in [0, 0.05) is 11.6 Å². The Morgan fingerprint density at radius 2 is 1.88 bits per heavy atom. The number of aliphatic hydroxyl groups is 1. The number of aliphatic hydroxyl groups excluding tert-OH is 1. The van der Waals surface area contributed by atoms with Gasteiger partial charge in [-0.3, -0.25) is 0 Å². The van der Waals surface area contributed by atoms with Gasteiger partial charge in [0.25, 0.3) is 0 Å². The molecule has 2 amide bonds. The van der Waals surface area contributed by atoms with Gasteiger partial charge in [0.1, 0.15) is 11.9 Å². The molecule has 1 aliphatic rings. The zero-order chi connectivity index (χ0) is 23.1. The van der Waals surface area contributed by atoms with Crippen molar-refractivity contribution in [3.8, 4) is 0 Å². The maximum absolute atomic E-state index is 13.7. The van der Waals surface area contributed by atoms with Crippen LogP contribution in [0.2, 0.25) is 5.02 Å². The molecule has 174 valence electrons. The quantitative estimate of drug-likeness (QED) is 0.458. The SMILES string of the molecule is O=C(Nc1ccccc1F)N[C@H]1CC[C@H](CCNS(=O)(=O)c2ccc(Cl)cc2)O[C@H]1CO. The van der Waals surface area contributed by atoms with Gasteiger partial charge in [-0.05, 0) is 55.7 Å². The Hall–Kier alpha value is -2.24. The van der Waals surface area contributed by atoms with E-state index in [1.165, 1.54) is 42.5 Å². The van der Waals surface area contributed by atoms with E-state index < -0.39 is 34.0 Å². The molecule has 32 heavy (non-hydrogen) atoms. The molecule has 0 aromatic heterocycles. The van der Waals surface area contributed by atoms with E-state index in [-0.39, 0.29) is 29.8 Å². The Labute approximate surface area is 191 Å². The number of ether oxygens (including phenoxy) is 1. The monoisotopic (exact) mass is 485 g/mol. The highest BCUT2D eigenvalue weighted by Gasteiger charge is 2.32. The molecule has 0 bridgehead atoms. The van der Waals surface area contributed by atoms with Crippen molar-refractivity contribution in [1.29, 1.82) is 0 Å². The minimum atomic E-state index is -3.67. The fraction of sp³-hybridized carbons (Fsp3) is 0.381. The molecular formula is C21H25ClFN3O5S. The van der Waals surface area contributed by atoms with Gasteiger partial charge in [-0.2, -0.15) is 0 Å². The topological polar surface area (TPSA) is 117 Å². The van der Waals surface area contributed by atoms with Crippen LogP contribution >= 0.6 is 11.6 Å². The molecule has 1 saturated heterocycles. The van der Waals surface area contributed by atoms with Crippen molar-refractivity contribution < 1.29 is 27.4 Å². The molecule has 1 aliphatic heterocycles. The first-order chi connectivity index (χ1) is 15.3. The molecule has 0 aliphatic carbocycles. The first kappa shape index (κ1) is 24.4. The van der Waals surface area contributed by atoms with Crippen LogP contribution in [0.3, 0.4) is 0 Å². The molecule has 3 atom stereocenters. The number of sulfonamides is 1. The third-order valence-corrected chi connectivity index (χ3v) is 6.85. The van der Waals surface area contributed by atoms with Crippen molar-refractivity contribution in [3.63, 3.8) is 0 Å². The number of carbonyl (C=O) groups is 1. The number of amides is 2. The fourth-order valence-electron chi connectivity index (χ4n) is 3.45. The lowest BCUT2D eigenvalue weighted by atomic mass is 9.97. The third kappa shape index (κ3) is 6.63. The molecule has 2 aromatic carbocycles. The van der Waals surface area contributed by atoms with Gasteiger partial charge < -0.3 is 20.5 Å². The highest BCUT2D eigenvalue weighted by Crippen LogP contribution is 2.22. The molecular weight excluding hydrogens is 461 g/mol. The zero-order valence-electron chi connectivity index (χ0n) is 17.1. The second-order valence-corrected chi connectivity index (χ2v) is 9.59. The summed E-state index contributed by atoms with van der Waals surface area (Å²) in [6.07, 6.45) is 0.534. The molecule has 1 fully saturated rings. The van der Waals surface area contributed by atoms with Crippen LogP contribution in [0.4, 0.5) is 14.9 Å². The minimum Gasteiger partial charge on any atom is -0.394 e. The average Bonchev–Trinajstić information content (AvgIpc) is 2.76. The van der Waals surface area contributed by atoms with Crippen molar-refractivity contribution in [3.05, 3.63) is 59.4 Å². The van der Waals surface area contributed by atoms with Crippen LogP contribution in [0, 0.1) is 5.82 Å². The maximum atomic E-state index is 13.7. The molecule has 11 heteroatoms. The number of hydrogen-bond acceptors (Lipinski definition) is 5. The van der Waals surface area contributed by atoms with Crippen LogP contribution < -0.4 is 15.4 Å². The standard InChI is InChI=1S/C21H25ClFN3O5S/c22-14-5-8-16(9-6-14)32(29,30)24-12-11-15-7-10-19(20(13-27)31-15)26-21(28)25-18-4-2-1-3-17(18)23/h1-6,8-9,15,19-20,24,27H,7,10-13H2,(H2,25,26,28)/t15-,19+,20+/m1/s1. The van der Waals surface area contributed by atoms with Gasteiger partial charge in [-0.15, -0.1) is 0 Å². The Morgan fingerprint density at radius 3 is 2.56 bits per heavy atom. The number of nitrogens with one attached hydrogen (secondary N) is 3. The molecule has 0 radical (unpaired) electrons. The van der Waals surface area contributed by atoms with Crippen LogP contribution in [0.25, 0.3) is 0 Å².